The maximum Gasteiger partial charge on any atom is 0.171 e. The first-order valence-corrected chi connectivity index (χ1v) is 12.3. The molecule has 1 aromatic rings. The molecule has 9 atom stereocenters. The largest absolute Gasteiger partial charge is 0.349 e. The van der Waals surface area contributed by atoms with E-state index < -0.39 is 0 Å². The number of hydrogen-bond acceptors (Lipinski definition) is 2. The van der Waals surface area contributed by atoms with Crippen LogP contribution in [-0.2, 0) is 15.9 Å². The molecule has 2 aliphatic heterocycles. The van der Waals surface area contributed by atoms with Gasteiger partial charge < -0.3 is 9.47 Å². The Labute approximate surface area is 176 Å². The molecule has 0 aromatic heterocycles. The maximum atomic E-state index is 6.88. The lowest BCUT2D eigenvalue weighted by molar-refractivity contribution is -0.272. The number of benzene rings is 1. The topological polar surface area (TPSA) is 18.5 Å². The first-order chi connectivity index (χ1) is 13.9. The third kappa shape index (κ3) is 2.48. The fraction of sp³-hybridized carbons (Fsp3) is 0.778. The van der Waals surface area contributed by atoms with Gasteiger partial charge in [0, 0.05) is 12.3 Å². The van der Waals surface area contributed by atoms with Crippen molar-refractivity contribution in [2.45, 2.75) is 90.4 Å². The molecule has 2 nitrogen and oxygen atoms in total. The molecule has 0 bridgehead atoms. The van der Waals surface area contributed by atoms with Crippen LogP contribution in [0, 0.1) is 41.9 Å². The molecule has 2 saturated carbocycles. The Morgan fingerprint density at radius 1 is 1.07 bits per heavy atom. The molecule has 3 aliphatic carbocycles. The monoisotopic (exact) mass is 394 g/mol. The predicted molar refractivity (Wildman–Crippen MR) is 116 cm³/mol. The molecule has 1 aromatic carbocycles. The van der Waals surface area contributed by atoms with Gasteiger partial charge in [0.25, 0.3) is 0 Å². The van der Waals surface area contributed by atoms with E-state index in [1.54, 1.807) is 11.1 Å². The third-order valence-corrected chi connectivity index (χ3v) is 10.3. The van der Waals surface area contributed by atoms with E-state index in [-0.39, 0.29) is 5.79 Å². The van der Waals surface area contributed by atoms with Gasteiger partial charge in [-0.25, -0.2) is 0 Å². The molecular formula is C27H38O2. The van der Waals surface area contributed by atoms with Crippen LogP contribution in [0.4, 0.5) is 0 Å². The van der Waals surface area contributed by atoms with Crippen molar-refractivity contribution in [3.05, 3.63) is 34.9 Å². The highest BCUT2D eigenvalue weighted by molar-refractivity contribution is 5.40. The second-order valence-electron chi connectivity index (χ2n) is 11.6. The molecule has 1 unspecified atom stereocenters. The summed E-state index contributed by atoms with van der Waals surface area (Å²) in [5.41, 5.74) is 5.31. The van der Waals surface area contributed by atoms with Crippen LogP contribution >= 0.6 is 0 Å². The van der Waals surface area contributed by atoms with Crippen LogP contribution in [0.1, 0.15) is 81.9 Å². The van der Waals surface area contributed by atoms with Crippen molar-refractivity contribution in [2.24, 2.45) is 35.0 Å². The van der Waals surface area contributed by atoms with Crippen molar-refractivity contribution >= 4 is 0 Å². The molecule has 0 N–H and O–H groups in total. The fourth-order valence-corrected chi connectivity index (χ4v) is 8.82. The minimum Gasteiger partial charge on any atom is -0.349 e. The molecule has 2 heterocycles. The van der Waals surface area contributed by atoms with Crippen molar-refractivity contribution < 1.29 is 9.47 Å². The summed E-state index contributed by atoms with van der Waals surface area (Å²) in [6.07, 6.45) is 9.46. The highest BCUT2D eigenvalue weighted by Gasteiger charge is 2.67. The van der Waals surface area contributed by atoms with E-state index in [1.165, 1.54) is 44.1 Å². The van der Waals surface area contributed by atoms with Crippen LogP contribution < -0.4 is 0 Å². The molecule has 6 rings (SSSR count). The molecule has 5 aliphatic rings. The van der Waals surface area contributed by atoms with E-state index in [0.29, 0.717) is 29.3 Å². The van der Waals surface area contributed by atoms with Crippen molar-refractivity contribution in [3.8, 4) is 0 Å². The molecule has 158 valence electrons. The van der Waals surface area contributed by atoms with E-state index in [2.05, 4.69) is 45.9 Å². The SMILES string of the molecule is Cc1cccc2c1CC[C@@H]1[C@@H]2CC[C@]2(C)[C@@H]3[C@H](C[C@@H]12)O[C@]1(CCC(C)CO1)[C@H]3C. The van der Waals surface area contributed by atoms with Crippen LogP contribution in [0.3, 0.4) is 0 Å². The van der Waals surface area contributed by atoms with Gasteiger partial charge in [-0.1, -0.05) is 39.0 Å². The number of fused-ring (bicyclic) bond motifs is 7. The predicted octanol–water partition coefficient (Wildman–Crippen LogP) is 6.25. The van der Waals surface area contributed by atoms with Gasteiger partial charge in [-0.2, -0.15) is 0 Å². The second kappa shape index (κ2) is 6.33. The van der Waals surface area contributed by atoms with Crippen molar-refractivity contribution in [2.75, 3.05) is 6.61 Å². The van der Waals surface area contributed by atoms with Crippen LogP contribution in [0.2, 0.25) is 0 Å². The number of rotatable bonds is 0. The van der Waals surface area contributed by atoms with Gasteiger partial charge in [0.05, 0.1) is 12.7 Å². The molecule has 2 heteroatoms. The minimum atomic E-state index is -0.275. The van der Waals surface area contributed by atoms with E-state index in [1.807, 2.05) is 0 Å². The Morgan fingerprint density at radius 3 is 2.72 bits per heavy atom. The zero-order valence-corrected chi connectivity index (χ0v) is 18.7. The quantitative estimate of drug-likeness (QED) is 0.517. The van der Waals surface area contributed by atoms with Gasteiger partial charge in [0.2, 0.25) is 0 Å². The van der Waals surface area contributed by atoms with Crippen molar-refractivity contribution in [3.63, 3.8) is 0 Å². The first kappa shape index (κ1) is 18.9. The Kier molecular flexibility index (Phi) is 4.12. The van der Waals surface area contributed by atoms with E-state index in [4.69, 9.17) is 9.47 Å². The summed E-state index contributed by atoms with van der Waals surface area (Å²) < 4.78 is 13.3. The molecule has 1 spiro atoms. The summed E-state index contributed by atoms with van der Waals surface area (Å²) >= 11 is 0. The lowest BCUT2D eigenvalue weighted by atomic mass is 9.52. The molecule has 2 saturated heterocycles. The Balaban J connectivity index is 1.30. The van der Waals surface area contributed by atoms with Crippen molar-refractivity contribution in [1.82, 2.24) is 0 Å². The zero-order chi connectivity index (χ0) is 20.0. The smallest absolute Gasteiger partial charge is 0.171 e. The van der Waals surface area contributed by atoms with Crippen LogP contribution in [0.5, 0.6) is 0 Å². The van der Waals surface area contributed by atoms with Gasteiger partial charge in [0.15, 0.2) is 5.79 Å². The summed E-state index contributed by atoms with van der Waals surface area (Å²) in [6.45, 7) is 10.6. The van der Waals surface area contributed by atoms with E-state index in [0.717, 1.165) is 30.8 Å². The standard InChI is InChI=1S/C27H38O2/c1-16-10-13-27(28-15-16)18(3)25-24(29-27)14-23-22-9-8-19-17(2)6-5-7-20(19)21(22)11-12-26(23,25)4/h5-7,16,18,21-25H,8-15H2,1-4H3/t16?,18-,21+,22+,23-,24-,25-,26-,27+/m0/s1. The average molecular weight is 395 g/mol. The highest BCUT2D eigenvalue weighted by atomic mass is 16.7. The molecule has 29 heavy (non-hydrogen) atoms. The van der Waals surface area contributed by atoms with Gasteiger partial charge in [-0.05, 0) is 97.1 Å². The molecule has 4 fully saturated rings. The van der Waals surface area contributed by atoms with Crippen molar-refractivity contribution in [1.29, 1.82) is 0 Å². The summed E-state index contributed by atoms with van der Waals surface area (Å²) in [5.74, 6) is 4.08. The lowest BCUT2D eigenvalue weighted by Crippen LogP contribution is -2.48. The van der Waals surface area contributed by atoms with Gasteiger partial charge in [-0.3, -0.25) is 0 Å². The molecule has 0 radical (unpaired) electrons. The summed E-state index contributed by atoms with van der Waals surface area (Å²) in [5, 5.41) is 0. The van der Waals surface area contributed by atoms with Crippen LogP contribution in [0.15, 0.2) is 18.2 Å². The van der Waals surface area contributed by atoms with E-state index >= 15 is 0 Å². The zero-order valence-electron chi connectivity index (χ0n) is 18.7. The summed E-state index contributed by atoms with van der Waals surface area (Å²) in [7, 11) is 0. The summed E-state index contributed by atoms with van der Waals surface area (Å²) in [4.78, 5) is 0. The van der Waals surface area contributed by atoms with E-state index in [9.17, 15) is 0 Å². The van der Waals surface area contributed by atoms with Gasteiger partial charge in [0.1, 0.15) is 0 Å². The normalized spacial score (nSPS) is 50.7. The number of hydrogen-bond donors (Lipinski definition) is 0. The lowest BCUT2D eigenvalue weighted by Gasteiger charge is -2.52. The number of ether oxygens (including phenoxy) is 2. The second-order valence-corrected chi connectivity index (χ2v) is 11.6. The minimum absolute atomic E-state index is 0.275. The molecule has 0 amide bonds. The third-order valence-electron chi connectivity index (χ3n) is 10.3. The maximum absolute atomic E-state index is 6.88. The highest BCUT2D eigenvalue weighted by Crippen LogP contribution is 2.69. The average Bonchev–Trinajstić information content (AvgIpc) is 3.15. The Bertz CT molecular complexity index is 807. The Hall–Kier alpha value is -0.860. The first-order valence-electron chi connectivity index (χ1n) is 12.3. The van der Waals surface area contributed by atoms with Gasteiger partial charge in [-0.15, -0.1) is 0 Å². The van der Waals surface area contributed by atoms with Crippen LogP contribution in [0.25, 0.3) is 0 Å². The van der Waals surface area contributed by atoms with Gasteiger partial charge >= 0.3 is 0 Å². The van der Waals surface area contributed by atoms with Crippen LogP contribution in [-0.4, -0.2) is 18.5 Å². The fourth-order valence-electron chi connectivity index (χ4n) is 8.82. The summed E-state index contributed by atoms with van der Waals surface area (Å²) in [6, 6.07) is 7.05. The Morgan fingerprint density at radius 2 is 1.93 bits per heavy atom. The molecular weight excluding hydrogens is 356 g/mol. The number of aryl methyl sites for hydroxylation is 1.